The van der Waals surface area contributed by atoms with Crippen molar-refractivity contribution < 1.29 is 9.53 Å². The van der Waals surface area contributed by atoms with Crippen LogP contribution in [0.1, 0.15) is 10.4 Å². The van der Waals surface area contributed by atoms with Gasteiger partial charge in [0.15, 0.2) is 0 Å². The Morgan fingerprint density at radius 2 is 1.90 bits per heavy atom. The molecule has 4 nitrogen and oxygen atoms in total. The van der Waals surface area contributed by atoms with E-state index in [1.54, 1.807) is 36.4 Å². The van der Waals surface area contributed by atoms with Gasteiger partial charge >= 0.3 is 0 Å². The number of carbonyl (C=O) groups excluding carboxylic acids is 1. The molecule has 0 saturated heterocycles. The number of benzene rings is 2. The van der Waals surface area contributed by atoms with Crippen LogP contribution < -0.4 is 15.8 Å². The Bertz CT molecular complexity index is 614. The summed E-state index contributed by atoms with van der Waals surface area (Å²) in [4.78, 5) is 12.3. The standard InChI is InChI=1S/C15H14N2O2S/c16-14(20)10-19-13-8-4-7-12(9-13)17-15(18)11-5-2-1-3-6-11/h1-9H,10H2,(H2,16,20)(H,17,18). The maximum absolute atomic E-state index is 12.0. The first-order valence-electron chi connectivity index (χ1n) is 6.03. The van der Waals surface area contributed by atoms with E-state index in [4.69, 9.17) is 22.7 Å². The third-order valence-corrected chi connectivity index (χ3v) is 2.63. The SMILES string of the molecule is NC(=S)COc1cccc(NC(=O)c2ccccc2)c1. The van der Waals surface area contributed by atoms with Gasteiger partial charge in [-0.05, 0) is 24.3 Å². The molecule has 0 spiro atoms. The predicted octanol–water partition coefficient (Wildman–Crippen LogP) is 2.60. The largest absolute Gasteiger partial charge is 0.486 e. The maximum Gasteiger partial charge on any atom is 0.255 e. The fraction of sp³-hybridized carbons (Fsp3) is 0.0667. The van der Waals surface area contributed by atoms with Crippen LogP contribution in [0.2, 0.25) is 0 Å². The Kier molecular flexibility index (Phi) is 4.68. The van der Waals surface area contributed by atoms with E-state index >= 15 is 0 Å². The van der Waals surface area contributed by atoms with E-state index in [9.17, 15) is 4.79 Å². The minimum Gasteiger partial charge on any atom is -0.486 e. The summed E-state index contributed by atoms with van der Waals surface area (Å²) in [6, 6.07) is 16.1. The van der Waals surface area contributed by atoms with E-state index in [1.807, 2.05) is 18.2 Å². The minimum atomic E-state index is -0.169. The first kappa shape index (κ1) is 14.0. The predicted molar refractivity (Wildman–Crippen MR) is 83.1 cm³/mol. The number of nitrogens with two attached hydrogens (primary N) is 1. The van der Waals surface area contributed by atoms with Crippen LogP contribution in [0.3, 0.4) is 0 Å². The van der Waals surface area contributed by atoms with Gasteiger partial charge in [0.25, 0.3) is 5.91 Å². The lowest BCUT2D eigenvalue weighted by Gasteiger charge is -2.08. The summed E-state index contributed by atoms with van der Waals surface area (Å²) in [5, 5.41) is 2.80. The first-order valence-corrected chi connectivity index (χ1v) is 6.43. The zero-order valence-electron chi connectivity index (χ0n) is 10.7. The summed E-state index contributed by atoms with van der Waals surface area (Å²) < 4.78 is 5.38. The molecule has 2 rings (SSSR count). The van der Waals surface area contributed by atoms with Crippen molar-refractivity contribution in [2.75, 3.05) is 11.9 Å². The second kappa shape index (κ2) is 6.68. The van der Waals surface area contributed by atoms with Gasteiger partial charge in [-0.1, -0.05) is 36.5 Å². The smallest absolute Gasteiger partial charge is 0.255 e. The lowest BCUT2D eigenvalue weighted by atomic mass is 10.2. The van der Waals surface area contributed by atoms with Gasteiger partial charge in [-0.2, -0.15) is 0 Å². The number of rotatable bonds is 5. The molecule has 0 unspecified atom stereocenters. The van der Waals surface area contributed by atoms with Gasteiger partial charge < -0.3 is 15.8 Å². The Balaban J connectivity index is 2.04. The van der Waals surface area contributed by atoms with E-state index in [0.29, 0.717) is 17.0 Å². The highest BCUT2D eigenvalue weighted by atomic mass is 32.1. The zero-order valence-corrected chi connectivity index (χ0v) is 11.5. The monoisotopic (exact) mass is 286 g/mol. The third kappa shape index (κ3) is 4.07. The molecule has 0 bridgehead atoms. The summed E-state index contributed by atoms with van der Waals surface area (Å²) in [6.45, 7) is 0.172. The molecule has 20 heavy (non-hydrogen) atoms. The molecule has 5 heteroatoms. The van der Waals surface area contributed by atoms with Gasteiger partial charge in [0.2, 0.25) is 0 Å². The van der Waals surface area contributed by atoms with Crippen LogP contribution in [0.15, 0.2) is 54.6 Å². The number of thiocarbonyl (C=S) groups is 1. The summed E-state index contributed by atoms with van der Waals surface area (Å²) >= 11 is 4.74. The lowest BCUT2D eigenvalue weighted by molar-refractivity contribution is 0.102. The average Bonchev–Trinajstić information content (AvgIpc) is 2.46. The zero-order chi connectivity index (χ0) is 14.4. The number of carbonyl (C=O) groups is 1. The third-order valence-electron chi connectivity index (χ3n) is 2.51. The average molecular weight is 286 g/mol. The number of hydrogen-bond acceptors (Lipinski definition) is 3. The van der Waals surface area contributed by atoms with Crippen molar-refractivity contribution in [3.63, 3.8) is 0 Å². The number of nitrogens with one attached hydrogen (secondary N) is 1. The molecule has 3 N–H and O–H groups in total. The fourth-order valence-electron chi connectivity index (χ4n) is 1.61. The van der Waals surface area contributed by atoms with Crippen molar-refractivity contribution in [3.8, 4) is 5.75 Å². The second-order valence-corrected chi connectivity index (χ2v) is 4.63. The van der Waals surface area contributed by atoms with Crippen LogP contribution >= 0.6 is 12.2 Å². The Hall–Kier alpha value is -2.40. The molecule has 102 valence electrons. The molecular formula is C15H14N2O2S. The molecule has 0 saturated carbocycles. The molecule has 0 radical (unpaired) electrons. The molecular weight excluding hydrogens is 272 g/mol. The second-order valence-electron chi connectivity index (χ2n) is 4.10. The number of hydrogen-bond donors (Lipinski definition) is 2. The lowest BCUT2D eigenvalue weighted by Crippen LogP contribution is -2.18. The van der Waals surface area contributed by atoms with Crippen molar-refractivity contribution >= 4 is 28.8 Å². The van der Waals surface area contributed by atoms with Crippen molar-refractivity contribution in [1.82, 2.24) is 0 Å². The highest BCUT2D eigenvalue weighted by molar-refractivity contribution is 7.80. The summed E-state index contributed by atoms with van der Waals surface area (Å²) in [6.07, 6.45) is 0. The van der Waals surface area contributed by atoms with Gasteiger partial charge in [0.1, 0.15) is 17.3 Å². The molecule has 0 aliphatic rings. The number of amides is 1. The topological polar surface area (TPSA) is 64.3 Å². The van der Waals surface area contributed by atoms with Gasteiger partial charge in [-0.3, -0.25) is 4.79 Å². The Morgan fingerprint density at radius 1 is 1.15 bits per heavy atom. The van der Waals surface area contributed by atoms with E-state index < -0.39 is 0 Å². The molecule has 2 aromatic carbocycles. The van der Waals surface area contributed by atoms with Crippen LogP contribution in [0.5, 0.6) is 5.75 Å². The summed E-state index contributed by atoms with van der Waals surface area (Å²) in [5.41, 5.74) is 6.62. The van der Waals surface area contributed by atoms with Gasteiger partial charge in [0.05, 0.1) is 0 Å². The summed E-state index contributed by atoms with van der Waals surface area (Å²) in [5.74, 6) is 0.431. The first-order chi connectivity index (χ1) is 9.65. The van der Waals surface area contributed by atoms with Crippen molar-refractivity contribution in [2.24, 2.45) is 5.73 Å². The number of anilines is 1. The van der Waals surface area contributed by atoms with Gasteiger partial charge in [-0.25, -0.2) is 0 Å². The quantitative estimate of drug-likeness (QED) is 0.829. The normalized spacial score (nSPS) is 9.80. The van der Waals surface area contributed by atoms with Crippen LogP contribution in [0, 0.1) is 0 Å². The maximum atomic E-state index is 12.0. The molecule has 2 aromatic rings. The van der Waals surface area contributed by atoms with Crippen LogP contribution in [-0.2, 0) is 0 Å². The molecule has 0 aliphatic heterocycles. The minimum absolute atomic E-state index is 0.169. The van der Waals surface area contributed by atoms with Crippen molar-refractivity contribution in [1.29, 1.82) is 0 Å². The molecule has 0 atom stereocenters. The van der Waals surface area contributed by atoms with Gasteiger partial charge in [-0.15, -0.1) is 0 Å². The number of ether oxygens (including phenoxy) is 1. The van der Waals surface area contributed by atoms with E-state index in [1.165, 1.54) is 0 Å². The van der Waals surface area contributed by atoms with Crippen molar-refractivity contribution in [3.05, 3.63) is 60.2 Å². The molecule has 0 aliphatic carbocycles. The van der Waals surface area contributed by atoms with Gasteiger partial charge in [0, 0.05) is 17.3 Å². The molecule has 0 heterocycles. The molecule has 1 amide bonds. The van der Waals surface area contributed by atoms with E-state index in [0.717, 1.165) is 0 Å². The Morgan fingerprint density at radius 3 is 2.60 bits per heavy atom. The summed E-state index contributed by atoms with van der Waals surface area (Å²) in [7, 11) is 0. The van der Waals surface area contributed by atoms with Crippen molar-refractivity contribution in [2.45, 2.75) is 0 Å². The molecule has 0 aromatic heterocycles. The fourth-order valence-corrected chi connectivity index (χ4v) is 1.67. The van der Waals surface area contributed by atoms with E-state index in [-0.39, 0.29) is 17.5 Å². The van der Waals surface area contributed by atoms with Crippen LogP contribution in [0.4, 0.5) is 5.69 Å². The highest BCUT2D eigenvalue weighted by Crippen LogP contribution is 2.18. The van der Waals surface area contributed by atoms with Crippen LogP contribution in [0.25, 0.3) is 0 Å². The Labute approximate surface area is 122 Å². The van der Waals surface area contributed by atoms with E-state index in [2.05, 4.69) is 5.32 Å². The van der Waals surface area contributed by atoms with Crippen LogP contribution in [-0.4, -0.2) is 17.5 Å². The highest BCUT2D eigenvalue weighted by Gasteiger charge is 2.05. The molecule has 0 fully saturated rings.